The Balaban J connectivity index is 0.00000200. The van der Waals surface area contributed by atoms with Crippen LogP contribution in [0.15, 0.2) is 29.3 Å². The van der Waals surface area contributed by atoms with E-state index in [9.17, 15) is 5.11 Å². The van der Waals surface area contributed by atoms with Crippen molar-refractivity contribution < 1.29 is 5.11 Å². The predicted octanol–water partition coefficient (Wildman–Crippen LogP) is 2.75. The van der Waals surface area contributed by atoms with E-state index in [1.165, 1.54) is 5.56 Å². The summed E-state index contributed by atoms with van der Waals surface area (Å²) in [5.74, 6) is 0.690. The van der Waals surface area contributed by atoms with Crippen LogP contribution in [0, 0.1) is 5.92 Å². The highest BCUT2D eigenvalue weighted by Crippen LogP contribution is 2.25. The molecule has 20 heavy (non-hydrogen) atoms. The van der Waals surface area contributed by atoms with Crippen molar-refractivity contribution in [3.63, 3.8) is 0 Å². The van der Waals surface area contributed by atoms with Gasteiger partial charge in [-0.25, -0.2) is 0 Å². The van der Waals surface area contributed by atoms with Crippen LogP contribution in [-0.4, -0.2) is 23.7 Å². The molecule has 0 radical (unpaired) electrons. The van der Waals surface area contributed by atoms with E-state index in [1.54, 1.807) is 0 Å². The minimum absolute atomic E-state index is 0. The second kappa shape index (κ2) is 8.46. The van der Waals surface area contributed by atoms with Crippen LogP contribution in [0.25, 0.3) is 0 Å². The number of aliphatic hydroxyl groups is 1. The summed E-state index contributed by atoms with van der Waals surface area (Å²) in [6, 6.07) is 8.15. The number of halogens is 1. The van der Waals surface area contributed by atoms with E-state index in [4.69, 9.17) is 5.73 Å². The number of aliphatic hydroxyl groups excluding tert-OH is 1. The fourth-order valence-corrected chi connectivity index (χ4v) is 2.50. The van der Waals surface area contributed by atoms with Gasteiger partial charge in [-0.15, -0.1) is 24.0 Å². The number of nitrogens with one attached hydrogen (secondary N) is 1. The van der Waals surface area contributed by atoms with E-state index in [0.717, 1.165) is 31.4 Å². The normalized spacial score (nSPS) is 22.4. The largest absolute Gasteiger partial charge is 0.393 e. The summed E-state index contributed by atoms with van der Waals surface area (Å²) in [6.45, 7) is 2.73. The molecule has 4 nitrogen and oxygen atoms in total. The highest BCUT2D eigenvalue weighted by atomic mass is 127. The molecular formula is C15H24IN3O. The zero-order valence-electron chi connectivity index (χ0n) is 11.9. The van der Waals surface area contributed by atoms with Gasteiger partial charge in [0.05, 0.1) is 6.10 Å². The second-order valence-corrected chi connectivity index (χ2v) is 5.16. The molecule has 1 fully saturated rings. The van der Waals surface area contributed by atoms with Crippen molar-refractivity contribution in [2.45, 2.75) is 38.7 Å². The standard InChI is InChI=1S/C15H23N3O.HI/c1-2-11-5-3-7-13(9-11)18-15(16)17-10-12-6-4-8-14(12)19;/h3,5,7,9,12,14,19H,2,4,6,8,10H2,1H3,(H3,16,17,18);1H. The summed E-state index contributed by atoms with van der Waals surface area (Å²) in [5, 5.41) is 12.8. The van der Waals surface area contributed by atoms with Crippen molar-refractivity contribution in [1.29, 1.82) is 0 Å². The lowest BCUT2D eigenvalue weighted by atomic mass is 10.1. The predicted molar refractivity (Wildman–Crippen MR) is 94.7 cm³/mol. The van der Waals surface area contributed by atoms with Gasteiger partial charge in [0.2, 0.25) is 0 Å². The van der Waals surface area contributed by atoms with Gasteiger partial charge < -0.3 is 16.2 Å². The summed E-state index contributed by atoms with van der Waals surface area (Å²) >= 11 is 0. The van der Waals surface area contributed by atoms with Gasteiger partial charge in [-0.2, -0.15) is 0 Å². The van der Waals surface area contributed by atoms with Crippen LogP contribution < -0.4 is 11.1 Å². The maximum Gasteiger partial charge on any atom is 0.193 e. The zero-order valence-corrected chi connectivity index (χ0v) is 14.2. The molecule has 1 aromatic rings. The first kappa shape index (κ1) is 17.2. The highest BCUT2D eigenvalue weighted by molar-refractivity contribution is 14.0. The number of guanidine groups is 1. The number of aryl methyl sites for hydroxylation is 1. The number of rotatable bonds is 4. The molecule has 2 atom stereocenters. The van der Waals surface area contributed by atoms with Crippen molar-refractivity contribution >= 4 is 35.6 Å². The van der Waals surface area contributed by atoms with Gasteiger partial charge in [0.1, 0.15) is 0 Å². The number of aliphatic imine (C=N–C) groups is 1. The average molecular weight is 389 g/mol. The monoisotopic (exact) mass is 389 g/mol. The molecule has 1 saturated carbocycles. The molecule has 1 aliphatic carbocycles. The van der Waals surface area contributed by atoms with Gasteiger partial charge in [0.15, 0.2) is 5.96 Å². The van der Waals surface area contributed by atoms with Gasteiger partial charge in [0.25, 0.3) is 0 Å². The minimum Gasteiger partial charge on any atom is -0.393 e. The number of nitrogens with two attached hydrogens (primary N) is 1. The SMILES string of the molecule is CCc1cccc(NC(N)=NCC2CCCC2O)c1.I. The van der Waals surface area contributed by atoms with Crippen LogP contribution in [0.1, 0.15) is 31.7 Å². The fraction of sp³-hybridized carbons (Fsp3) is 0.533. The van der Waals surface area contributed by atoms with Gasteiger partial charge >= 0.3 is 0 Å². The first-order valence-electron chi connectivity index (χ1n) is 7.03. The third-order valence-corrected chi connectivity index (χ3v) is 3.72. The van der Waals surface area contributed by atoms with Crippen molar-refractivity contribution in [1.82, 2.24) is 0 Å². The third kappa shape index (κ3) is 4.94. The van der Waals surface area contributed by atoms with Crippen LogP contribution >= 0.6 is 24.0 Å². The Morgan fingerprint density at radius 2 is 2.25 bits per heavy atom. The smallest absolute Gasteiger partial charge is 0.193 e. The molecule has 1 aliphatic rings. The Morgan fingerprint density at radius 1 is 1.45 bits per heavy atom. The topological polar surface area (TPSA) is 70.6 Å². The minimum atomic E-state index is -0.208. The van der Waals surface area contributed by atoms with Crippen LogP contribution in [0.5, 0.6) is 0 Å². The molecular weight excluding hydrogens is 365 g/mol. The Morgan fingerprint density at radius 3 is 2.90 bits per heavy atom. The maximum absolute atomic E-state index is 9.73. The highest BCUT2D eigenvalue weighted by Gasteiger charge is 2.24. The number of hydrogen-bond donors (Lipinski definition) is 3. The van der Waals surface area contributed by atoms with E-state index >= 15 is 0 Å². The Kier molecular flexibility index (Phi) is 7.29. The number of anilines is 1. The second-order valence-electron chi connectivity index (χ2n) is 5.16. The van der Waals surface area contributed by atoms with E-state index in [1.807, 2.05) is 12.1 Å². The molecule has 0 aromatic heterocycles. The fourth-order valence-electron chi connectivity index (χ4n) is 2.50. The molecule has 1 aromatic carbocycles. The van der Waals surface area contributed by atoms with Crippen LogP contribution in [0.2, 0.25) is 0 Å². The van der Waals surface area contributed by atoms with Gasteiger partial charge in [-0.05, 0) is 37.0 Å². The molecule has 112 valence electrons. The van der Waals surface area contributed by atoms with Crippen molar-refractivity contribution in [3.8, 4) is 0 Å². The first-order chi connectivity index (χ1) is 9.19. The molecule has 2 unspecified atom stereocenters. The molecule has 0 saturated heterocycles. The molecule has 4 N–H and O–H groups in total. The van der Waals surface area contributed by atoms with Crippen LogP contribution in [0.3, 0.4) is 0 Å². The molecule has 5 heteroatoms. The maximum atomic E-state index is 9.73. The van der Waals surface area contributed by atoms with Gasteiger partial charge in [-0.3, -0.25) is 4.99 Å². The lowest BCUT2D eigenvalue weighted by Gasteiger charge is -2.12. The van der Waals surface area contributed by atoms with Crippen molar-refractivity contribution in [2.75, 3.05) is 11.9 Å². The Labute approximate surface area is 137 Å². The zero-order chi connectivity index (χ0) is 13.7. The molecule has 2 rings (SSSR count). The molecule has 0 bridgehead atoms. The molecule has 0 heterocycles. The van der Waals surface area contributed by atoms with Crippen LogP contribution in [-0.2, 0) is 6.42 Å². The van der Waals surface area contributed by atoms with E-state index in [-0.39, 0.29) is 36.0 Å². The summed E-state index contributed by atoms with van der Waals surface area (Å²) in [5.41, 5.74) is 8.11. The molecule has 0 aliphatic heterocycles. The summed E-state index contributed by atoms with van der Waals surface area (Å²) in [6.07, 6.45) is 3.82. The quantitative estimate of drug-likeness (QED) is 0.421. The number of hydrogen-bond acceptors (Lipinski definition) is 2. The summed E-state index contributed by atoms with van der Waals surface area (Å²) < 4.78 is 0. The molecule has 0 spiro atoms. The Hall–Kier alpha value is -0.820. The Bertz CT molecular complexity index is 450. The first-order valence-corrected chi connectivity index (χ1v) is 7.03. The van der Waals surface area contributed by atoms with Crippen molar-refractivity contribution in [2.24, 2.45) is 16.6 Å². The lowest BCUT2D eigenvalue weighted by molar-refractivity contribution is 0.137. The summed E-state index contributed by atoms with van der Waals surface area (Å²) in [4.78, 5) is 4.33. The average Bonchev–Trinajstić information content (AvgIpc) is 2.82. The van der Waals surface area contributed by atoms with E-state index in [0.29, 0.717) is 12.5 Å². The van der Waals surface area contributed by atoms with Crippen LogP contribution in [0.4, 0.5) is 5.69 Å². The summed E-state index contributed by atoms with van der Waals surface area (Å²) in [7, 11) is 0. The van der Waals surface area contributed by atoms with Crippen molar-refractivity contribution in [3.05, 3.63) is 29.8 Å². The third-order valence-electron chi connectivity index (χ3n) is 3.72. The lowest BCUT2D eigenvalue weighted by Crippen LogP contribution is -2.25. The molecule has 0 amide bonds. The van der Waals surface area contributed by atoms with E-state index in [2.05, 4.69) is 29.4 Å². The van der Waals surface area contributed by atoms with Gasteiger partial charge in [0, 0.05) is 18.2 Å². The number of benzene rings is 1. The van der Waals surface area contributed by atoms with Gasteiger partial charge in [-0.1, -0.05) is 25.5 Å². The van der Waals surface area contributed by atoms with E-state index < -0.39 is 0 Å². The number of nitrogens with zero attached hydrogens (tertiary/aromatic N) is 1.